The molecule has 0 spiro atoms. The van der Waals surface area contributed by atoms with Gasteiger partial charge in [-0.2, -0.15) is 0 Å². The molecule has 3 N–H and O–H groups in total. The Kier molecular flexibility index (Phi) is 5.29. The molecule has 0 fully saturated rings. The summed E-state index contributed by atoms with van der Waals surface area (Å²) in [5.41, 5.74) is 5.91. The van der Waals surface area contributed by atoms with Crippen molar-refractivity contribution < 1.29 is 17.6 Å². The second-order valence-corrected chi connectivity index (χ2v) is 6.49. The van der Waals surface area contributed by atoms with Gasteiger partial charge in [-0.1, -0.05) is 6.92 Å². The highest BCUT2D eigenvalue weighted by Crippen LogP contribution is 2.19. The zero-order chi connectivity index (χ0) is 14.5. The number of sulfone groups is 1. The average Bonchev–Trinajstić information content (AvgIpc) is 2.30. The van der Waals surface area contributed by atoms with Crippen LogP contribution in [-0.2, 0) is 14.6 Å². The third-order valence-electron chi connectivity index (χ3n) is 2.44. The largest absolute Gasteiger partial charge is 0.397 e. The SMILES string of the molecule is CCCS(=O)(=O)CCC(=O)Nc1ccc(F)cc1N. The molecule has 5 nitrogen and oxygen atoms in total. The van der Waals surface area contributed by atoms with Gasteiger partial charge in [-0.15, -0.1) is 0 Å². The molecule has 0 aromatic heterocycles. The van der Waals surface area contributed by atoms with Crippen LogP contribution in [0, 0.1) is 5.82 Å². The minimum atomic E-state index is -3.19. The molecule has 0 unspecified atom stereocenters. The molecule has 0 radical (unpaired) electrons. The predicted molar refractivity (Wildman–Crippen MR) is 73.0 cm³/mol. The van der Waals surface area contributed by atoms with E-state index in [2.05, 4.69) is 5.32 Å². The first-order valence-electron chi connectivity index (χ1n) is 5.89. The highest BCUT2D eigenvalue weighted by molar-refractivity contribution is 7.91. The number of hydrogen-bond acceptors (Lipinski definition) is 4. The monoisotopic (exact) mass is 288 g/mol. The van der Waals surface area contributed by atoms with Crippen molar-refractivity contribution in [3.05, 3.63) is 24.0 Å². The summed E-state index contributed by atoms with van der Waals surface area (Å²) >= 11 is 0. The van der Waals surface area contributed by atoms with Gasteiger partial charge in [0.15, 0.2) is 9.84 Å². The number of carbonyl (C=O) groups is 1. The Labute approximate surface area is 111 Å². The van der Waals surface area contributed by atoms with Crippen molar-refractivity contribution in [3.63, 3.8) is 0 Å². The number of hydrogen-bond donors (Lipinski definition) is 2. The maximum Gasteiger partial charge on any atom is 0.225 e. The summed E-state index contributed by atoms with van der Waals surface area (Å²) in [5.74, 6) is -1.09. The van der Waals surface area contributed by atoms with E-state index in [4.69, 9.17) is 5.73 Å². The van der Waals surface area contributed by atoms with E-state index in [9.17, 15) is 17.6 Å². The molecule has 0 saturated heterocycles. The first-order chi connectivity index (χ1) is 8.84. The van der Waals surface area contributed by atoms with Crippen LogP contribution in [0.25, 0.3) is 0 Å². The van der Waals surface area contributed by atoms with Crippen LogP contribution >= 0.6 is 0 Å². The highest BCUT2D eigenvalue weighted by Gasteiger charge is 2.13. The van der Waals surface area contributed by atoms with E-state index in [1.807, 2.05) is 0 Å². The van der Waals surface area contributed by atoms with Crippen LogP contribution in [0.4, 0.5) is 15.8 Å². The highest BCUT2D eigenvalue weighted by atomic mass is 32.2. The molecule has 0 aliphatic heterocycles. The van der Waals surface area contributed by atoms with Gasteiger partial charge in [0.05, 0.1) is 17.1 Å². The Morgan fingerprint density at radius 3 is 2.63 bits per heavy atom. The van der Waals surface area contributed by atoms with Crippen molar-refractivity contribution in [3.8, 4) is 0 Å². The maximum absolute atomic E-state index is 12.8. The number of carbonyl (C=O) groups excluding carboxylic acids is 1. The number of nitrogen functional groups attached to an aromatic ring is 1. The molecule has 0 bridgehead atoms. The van der Waals surface area contributed by atoms with E-state index >= 15 is 0 Å². The number of halogens is 1. The van der Waals surface area contributed by atoms with Crippen LogP contribution in [0.3, 0.4) is 0 Å². The number of rotatable bonds is 6. The second kappa shape index (κ2) is 6.51. The summed E-state index contributed by atoms with van der Waals surface area (Å²) in [7, 11) is -3.19. The van der Waals surface area contributed by atoms with E-state index in [0.717, 1.165) is 6.07 Å². The molecule has 1 rings (SSSR count). The van der Waals surface area contributed by atoms with Crippen molar-refractivity contribution in [2.24, 2.45) is 0 Å². The van der Waals surface area contributed by atoms with Crippen LogP contribution in [0.1, 0.15) is 19.8 Å². The minimum Gasteiger partial charge on any atom is -0.397 e. The molecular weight excluding hydrogens is 271 g/mol. The zero-order valence-corrected chi connectivity index (χ0v) is 11.5. The molecule has 1 amide bonds. The fourth-order valence-electron chi connectivity index (χ4n) is 1.52. The lowest BCUT2D eigenvalue weighted by Crippen LogP contribution is -2.19. The van der Waals surface area contributed by atoms with Crippen molar-refractivity contribution >= 4 is 27.1 Å². The lowest BCUT2D eigenvalue weighted by Gasteiger charge is -2.08. The average molecular weight is 288 g/mol. The minimum absolute atomic E-state index is 0.0684. The molecule has 0 heterocycles. The molecule has 1 aromatic rings. The molecule has 1 aromatic carbocycles. The summed E-state index contributed by atoms with van der Waals surface area (Å²) in [4.78, 5) is 11.6. The van der Waals surface area contributed by atoms with Gasteiger partial charge in [0.25, 0.3) is 0 Å². The van der Waals surface area contributed by atoms with Crippen LogP contribution in [0.2, 0.25) is 0 Å². The van der Waals surface area contributed by atoms with Gasteiger partial charge < -0.3 is 11.1 Å². The molecule has 0 atom stereocenters. The van der Waals surface area contributed by atoms with Gasteiger partial charge in [0, 0.05) is 12.2 Å². The first kappa shape index (κ1) is 15.4. The number of nitrogens with two attached hydrogens (primary N) is 1. The van der Waals surface area contributed by atoms with Crippen LogP contribution < -0.4 is 11.1 Å². The standard InChI is InChI=1S/C12H17FN2O3S/c1-2-6-19(17,18)7-5-12(16)15-11-4-3-9(13)8-10(11)14/h3-4,8H,2,5-7,14H2,1H3,(H,15,16). The van der Waals surface area contributed by atoms with E-state index in [1.165, 1.54) is 12.1 Å². The van der Waals surface area contributed by atoms with Gasteiger partial charge >= 0.3 is 0 Å². The quantitative estimate of drug-likeness (QED) is 0.777. The predicted octanol–water partition coefficient (Wildman–Crippen LogP) is 1.56. The number of anilines is 2. The Hall–Kier alpha value is -1.63. The number of nitrogens with one attached hydrogen (secondary N) is 1. The molecule has 106 valence electrons. The van der Waals surface area contributed by atoms with E-state index in [-0.39, 0.29) is 29.3 Å². The van der Waals surface area contributed by atoms with Crippen LogP contribution in [-0.4, -0.2) is 25.8 Å². The van der Waals surface area contributed by atoms with Crippen LogP contribution in [0.5, 0.6) is 0 Å². The third kappa shape index (κ3) is 5.25. The molecule has 0 aliphatic carbocycles. The Balaban J connectivity index is 2.56. The Bertz CT molecular complexity index is 558. The molecule has 19 heavy (non-hydrogen) atoms. The third-order valence-corrected chi connectivity index (χ3v) is 4.30. The van der Waals surface area contributed by atoms with Crippen molar-refractivity contribution in [2.75, 3.05) is 22.6 Å². The molecular formula is C12H17FN2O3S. The van der Waals surface area contributed by atoms with E-state index < -0.39 is 21.6 Å². The lowest BCUT2D eigenvalue weighted by atomic mass is 10.2. The lowest BCUT2D eigenvalue weighted by molar-refractivity contribution is -0.115. The van der Waals surface area contributed by atoms with E-state index in [0.29, 0.717) is 6.42 Å². The summed E-state index contributed by atoms with van der Waals surface area (Å²) < 4.78 is 35.7. The maximum atomic E-state index is 12.8. The van der Waals surface area contributed by atoms with Crippen LogP contribution in [0.15, 0.2) is 18.2 Å². The number of amides is 1. The van der Waals surface area contributed by atoms with Crippen molar-refractivity contribution in [1.82, 2.24) is 0 Å². The van der Waals surface area contributed by atoms with Gasteiger partial charge in [0.1, 0.15) is 5.82 Å². The normalized spacial score (nSPS) is 11.3. The van der Waals surface area contributed by atoms with E-state index in [1.54, 1.807) is 6.92 Å². The fourth-order valence-corrected chi connectivity index (χ4v) is 2.84. The molecule has 0 aliphatic rings. The van der Waals surface area contributed by atoms with Crippen molar-refractivity contribution in [1.29, 1.82) is 0 Å². The Morgan fingerprint density at radius 1 is 1.37 bits per heavy atom. The van der Waals surface area contributed by atoms with Gasteiger partial charge in [-0.25, -0.2) is 12.8 Å². The van der Waals surface area contributed by atoms with Crippen molar-refractivity contribution in [2.45, 2.75) is 19.8 Å². The summed E-state index contributed by atoms with van der Waals surface area (Å²) in [6, 6.07) is 3.59. The van der Waals surface area contributed by atoms with Gasteiger partial charge in [0.2, 0.25) is 5.91 Å². The topological polar surface area (TPSA) is 89.3 Å². The summed E-state index contributed by atoms with van der Waals surface area (Å²) in [5, 5.41) is 2.46. The van der Waals surface area contributed by atoms with Gasteiger partial charge in [-0.05, 0) is 24.6 Å². The molecule has 0 saturated carbocycles. The Morgan fingerprint density at radius 2 is 2.05 bits per heavy atom. The summed E-state index contributed by atoms with van der Waals surface area (Å²) in [6.07, 6.45) is 0.383. The fraction of sp³-hybridized carbons (Fsp3) is 0.417. The van der Waals surface area contributed by atoms with Gasteiger partial charge in [-0.3, -0.25) is 4.79 Å². The summed E-state index contributed by atoms with van der Waals surface area (Å²) in [6.45, 7) is 1.76. The molecule has 7 heteroatoms. The second-order valence-electron chi connectivity index (χ2n) is 4.18. The first-order valence-corrected chi connectivity index (χ1v) is 7.71. The zero-order valence-electron chi connectivity index (χ0n) is 10.6. The smallest absolute Gasteiger partial charge is 0.225 e. The number of benzene rings is 1.